The SMILES string of the molecule is O=C(O)c1cc(SCCCO)c2ccccc2c1O. The van der Waals surface area contributed by atoms with Crippen LogP contribution in [0.1, 0.15) is 16.8 Å². The summed E-state index contributed by atoms with van der Waals surface area (Å²) >= 11 is 1.48. The number of aromatic carboxylic acids is 1. The lowest BCUT2D eigenvalue weighted by molar-refractivity contribution is 0.0694. The predicted molar refractivity (Wildman–Crippen MR) is 75.0 cm³/mol. The van der Waals surface area contributed by atoms with Crippen molar-refractivity contribution >= 4 is 28.5 Å². The molecule has 2 aromatic rings. The van der Waals surface area contributed by atoms with Gasteiger partial charge in [0, 0.05) is 22.6 Å². The van der Waals surface area contributed by atoms with Crippen molar-refractivity contribution in [2.75, 3.05) is 12.4 Å². The van der Waals surface area contributed by atoms with Gasteiger partial charge in [-0.25, -0.2) is 4.79 Å². The monoisotopic (exact) mass is 278 g/mol. The molecular weight excluding hydrogens is 264 g/mol. The summed E-state index contributed by atoms with van der Waals surface area (Å²) in [7, 11) is 0. The first kappa shape index (κ1) is 13.7. The smallest absolute Gasteiger partial charge is 0.339 e. The van der Waals surface area contributed by atoms with E-state index in [-0.39, 0.29) is 17.9 Å². The molecule has 2 aromatic carbocycles. The van der Waals surface area contributed by atoms with Crippen LogP contribution >= 0.6 is 11.8 Å². The first-order valence-corrected chi connectivity index (χ1v) is 6.85. The van der Waals surface area contributed by atoms with Gasteiger partial charge in [0.2, 0.25) is 0 Å². The molecule has 2 rings (SSSR count). The summed E-state index contributed by atoms with van der Waals surface area (Å²) in [4.78, 5) is 11.9. The highest BCUT2D eigenvalue weighted by Gasteiger charge is 2.16. The van der Waals surface area contributed by atoms with Crippen molar-refractivity contribution in [3.05, 3.63) is 35.9 Å². The Balaban J connectivity index is 2.54. The minimum atomic E-state index is -1.15. The average molecular weight is 278 g/mol. The van der Waals surface area contributed by atoms with Gasteiger partial charge in [-0.05, 0) is 17.9 Å². The lowest BCUT2D eigenvalue weighted by Crippen LogP contribution is -1.98. The molecule has 100 valence electrons. The second-order valence-corrected chi connectivity index (χ2v) is 5.18. The normalized spacial score (nSPS) is 10.8. The highest BCUT2D eigenvalue weighted by Crippen LogP contribution is 2.36. The van der Waals surface area contributed by atoms with Gasteiger partial charge in [0.1, 0.15) is 11.3 Å². The number of hydrogen-bond donors (Lipinski definition) is 3. The Morgan fingerprint density at radius 2 is 1.89 bits per heavy atom. The minimum Gasteiger partial charge on any atom is -0.506 e. The van der Waals surface area contributed by atoms with Crippen LogP contribution in [0, 0.1) is 0 Å². The van der Waals surface area contributed by atoms with Crippen LogP contribution < -0.4 is 0 Å². The molecule has 0 heterocycles. The first-order chi connectivity index (χ1) is 9.15. The number of aromatic hydroxyl groups is 1. The van der Waals surface area contributed by atoms with Crippen LogP contribution in [0.3, 0.4) is 0 Å². The van der Waals surface area contributed by atoms with E-state index in [1.165, 1.54) is 17.8 Å². The van der Waals surface area contributed by atoms with Crippen LogP contribution in [0.2, 0.25) is 0 Å². The Morgan fingerprint density at radius 1 is 1.21 bits per heavy atom. The molecule has 5 heteroatoms. The molecule has 0 fully saturated rings. The quantitative estimate of drug-likeness (QED) is 0.579. The molecule has 0 saturated carbocycles. The molecule has 0 radical (unpaired) electrons. The third kappa shape index (κ3) is 2.83. The lowest BCUT2D eigenvalue weighted by Gasteiger charge is -2.10. The molecule has 3 N–H and O–H groups in total. The van der Waals surface area contributed by atoms with Crippen molar-refractivity contribution in [1.29, 1.82) is 0 Å². The second kappa shape index (κ2) is 5.95. The van der Waals surface area contributed by atoms with Crippen LogP contribution in [-0.4, -0.2) is 33.6 Å². The van der Waals surface area contributed by atoms with Crippen LogP contribution in [-0.2, 0) is 0 Å². The second-order valence-electron chi connectivity index (χ2n) is 4.05. The van der Waals surface area contributed by atoms with Gasteiger partial charge in [0.25, 0.3) is 0 Å². The number of phenols is 1. The maximum atomic E-state index is 11.1. The van der Waals surface area contributed by atoms with Crippen LogP contribution in [0.4, 0.5) is 0 Å². The van der Waals surface area contributed by atoms with Gasteiger partial charge in [0.05, 0.1) is 0 Å². The molecule has 0 saturated heterocycles. The maximum absolute atomic E-state index is 11.1. The van der Waals surface area contributed by atoms with E-state index in [1.807, 2.05) is 12.1 Å². The molecule has 0 aliphatic heterocycles. The number of thioether (sulfide) groups is 1. The van der Waals surface area contributed by atoms with E-state index >= 15 is 0 Å². The predicted octanol–water partition coefficient (Wildman–Crippen LogP) is 2.72. The summed E-state index contributed by atoms with van der Waals surface area (Å²) in [6.45, 7) is 0.106. The van der Waals surface area contributed by atoms with E-state index in [9.17, 15) is 9.90 Å². The van der Waals surface area contributed by atoms with E-state index in [0.29, 0.717) is 17.6 Å². The van der Waals surface area contributed by atoms with Crippen molar-refractivity contribution in [3.63, 3.8) is 0 Å². The number of rotatable bonds is 5. The Morgan fingerprint density at radius 3 is 2.53 bits per heavy atom. The Hall–Kier alpha value is -1.72. The fourth-order valence-corrected chi connectivity index (χ4v) is 2.88. The molecule has 0 unspecified atom stereocenters. The van der Waals surface area contributed by atoms with Gasteiger partial charge in [-0.15, -0.1) is 11.8 Å². The molecule has 19 heavy (non-hydrogen) atoms. The molecule has 0 spiro atoms. The number of carboxylic acid groups (broad SMARTS) is 1. The Kier molecular flexibility index (Phi) is 4.29. The van der Waals surface area contributed by atoms with Gasteiger partial charge in [-0.2, -0.15) is 0 Å². The number of carbonyl (C=O) groups is 1. The molecule has 0 amide bonds. The maximum Gasteiger partial charge on any atom is 0.339 e. The van der Waals surface area contributed by atoms with Gasteiger partial charge in [-0.1, -0.05) is 24.3 Å². The third-order valence-corrected chi connectivity index (χ3v) is 3.91. The van der Waals surface area contributed by atoms with Crippen LogP contribution in [0.15, 0.2) is 35.2 Å². The Bertz CT molecular complexity index is 610. The molecule has 0 aliphatic rings. The summed E-state index contributed by atoms with van der Waals surface area (Å²) in [5, 5.41) is 29.3. The molecular formula is C14H14O4S. The van der Waals surface area contributed by atoms with Crippen molar-refractivity contribution in [3.8, 4) is 5.75 Å². The van der Waals surface area contributed by atoms with Gasteiger partial charge in [0.15, 0.2) is 0 Å². The topological polar surface area (TPSA) is 77.8 Å². The number of fused-ring (bicyclic) bond motifs is 1. The number of aliphatic hydroxyl groups excluding tert-OH is 1. The zero-order chi connectivity index (χ0) is 13.8. The zero-order valence-electron chi connectivity index (χ0n) is 10.2. The third-order valence-electron chi connectivity index (χ3n) is 2.77. The summed E-state index contributed by atoms with van der Waals surface area (Å²) in [5.74, 6) is -0.647. The summed E-state index contributed by atoms with van der Waals surface area (Å²) in [6, 6.07) is 8.64. The van der Waals surface area contributed by atoms with E-state index < -0.39 is 5.97 Å². The van der Waals surface area contributed by atoms with Gasteiger partial charge in [-0.3, -0.25) is 0 Å². The van der Waals surface area contributed by atoms with E-state index in [0.717, 1.165) is 10.3 Å². The highest BCUT2D eigenvalue weighted by atomic mass is 32.2. The fourth-order valence-electron chi connectivity index (χ4n) is 1.86. The van der Waals surface area contributed by atoms with E-state index in [1.54, 1.807) is 12.1 Å². The van der Waals surface area contributed by atoms with Gasteiger partial charge >= 0.3 is 5.97 Å². The molecule has 0 atom stereocenters. The number of aliphatic hydroxyl groups is 1. The van der Waals surface area contributed by atoms with Gasteiger partial charge < -0.3 is 15.3 Å². The standard InChI is InChI=1S/C14H14O4S/c15-6-3-7-19-12-8-11(14(17)18)13(16)10-5-2-1-4-9(10)12/h1-2,4-5,8,15-16H,3,6-7H2,(H,17,18). The van der Waals surface area contributed by atoms with Crippen molar-refractivity contribution in [1.82, 2.24) is 0 Å². The fraction of sp³-hybridized carbons (Fsp3) is 0.214. The lowest BCUT2D eigenvalue weighted by atomic mass is 10.1. The Labute approximate surface area is 114 Å². The molecule has 0 bridgehead atoms. The zero-order valence-corrected chi connectivity index (χ0v) is 11.0. The minimum absolute atomic E-state index is 0.0924. The number of hydrogen-bond acceptors (Lipinski definition) is 4. The van der Waals surface area contributed by atoms with Crippen molar-refractivity contribution < 1.29 is 20.1 Å². The number of benzene rings is 2. The first-order valence-electron chi connectivity index (χ1n) is 5.87. The van der Waals surface area contributed by atoms with E-state index in [2.05, 4.69) is 0 Å². The molecule has 4 nitrogen and oxygen atoms in total. The van der Waals surface area contributed by atoms with Crippen LogP contribution in [0.25, 0.3) is 10.8 Å². The van der Waals surface area contributed by atoms with Crippen LogP contribution in [0.5, 0.6) is 5.75 Å². The summed E-state index contributed by atoms with van der Waals surface area (Å²) in [5.41, 5.74) is -0.0924. The molecule has 0 aliphatic carbocycles. The highest BCUT2D eigenvalue weighted by molar-refractivity contribution is 7.99. The van der Waals surface area contributed by atoms with Crippen molar-refractivity contribution in [2.24, 2.45) is 0 Å². The summed E-state index contributed by atoms with van der Waals surface area (Å²) < 4.78 is 0. The van der Waals surface area contributed by atoms with Crippen molar-refractivity contribution in [2.45, 2.75) is 11.3 Å². The average Bonchev–Trinajstić information content (AvgIpc) is 2.41. The summed E-state index contributed by atoms with van der Waals surface area (Å²) in [6.07, 6.45) is 0.641. The molecule has 0 aromatic heterocycles. The largest absolute Gasteiger partial charge is 0.506 e. The van der Waals surface area contributed by atoms with E-state index in [4.69, 9.17) is 10.2 Å². The number of carboxylic acids is 1.